The summed E-state index contributed by atoms with van der Waals surface area (Å²) in [5.41, 5.74) is 2.64. The van der Waals surface area contributed by atoms with E-state index in [2.05, 4.69) is 21.6 Å². The third kappa shape index (κ3) is 6.40. The molecule has 3 aliphatic rings. The fourth-order valence-corrected chi connectivity index (χ4v) is 5.34. The second-order valence-electron chi connectivity index (χ2n) is 10.4. The van der Waals surface area contributed by atoms with Crippen LogP contribution in [-0.2, 0) is 30.5 Å². The minimum Gasteiger partial charge on any atom is -0.376 e. The van der Waals surface area contributed by atoms with Gasteiger partial charge in [-0.3, -0.25) is 9.69 Å². The summed E-state index contributed by atoms with van der Waals surface area (Å²) in [5, 5.41) is 5.98. The van der Waals surface area contributed by atoms with E-state index in [0.717, 1.165) is 43.7 Å². The Morgan fingerprint density at radius 3 is 2.66 bits per heavy atom. The molecule has 38 heavy (non-hydrogen) atoms. The van der Waals surface area contributed by atoms with Gasteiger partial charge >= 0.3 is 12.2 Å². The van der Waals surface area contributed by atoms with E-state index in [9.17, 15) is 22.8 Å². The van der Waals surface area contributed by atoms with Gasteiger partial charge in [-0.1, -0.05) is 30.3 Å². The van der Waals surface area contributed by atoms with E-state index in [1.165, 1.54) is 41.0 Å². The van der Waals surface area contributed by atoms with Crippen LogP contribution in [-0.4, -0.2) is 72.5 Å². The molecule has 2 fully saturated rings. The van der Waals surface area contributed by atoms with Gasteiger partial charge in [0.25, 0.3) is 0 Å². The first kappa shape index (κ1) is 26.3. The molecule has 0 spiro atoms. The number of urea groups is 1. The van der Waals surface area contributed by atoms with Crippen LogP contribution in [0.4, 0.5) is 23.7 Å². The van der Waals surface area contributed by atoms with Crippen LogP contribution in [0.3, 0.4) is 0 Å². The molecule has 2 N–H and O–H groups in total. The monoisotopic (exact) mass is 529 g/mol. The zero-order valence-corrected chi connectivity index (χ0v) is 21.4. The van der Waals surface area contributed by atoms with E-state index in [4.69, 9.17) is 0 Å². The number of hydrogen-bond donors (Lipinski definition) is 2. The maximum atomic E-state index is 13.6. The average Bonchev–Trinajstić information content (AvgIpc) is 3.62. The van der Waals surface area contributed by atoms with Crippen LogP contribution in [0, 0.1) is 5.92 Å². The second-order valence-corrected chi connectivity index (χ2v) is 10.4. The zero-order chi connectivity index (χ0) is 26.7. The molecule has 7 nitrogen and oxygen atoms in total. The first-order valence-corrected chi connectivity index (χ1v) is 13.3. The van der Waals surface area contributed by atoms with Crippen molar-refractivity contribution in [2.45, 2.75) is 38.5 Å². The third-order valence-corrected chi connectivity index (χ3v) is 7.61. The molecule has 3 amide bonds. The molecule has 0 radical (unpaired) electrons. The summed E-state index contributed by atoms with van der Waals surface area (Å²) < 4.78 is 40.9. The standard InChI is InChI=1S/C28H34F3N5O2/c29-28(30,31)24-6-2-1-4-22(24)19-36(15-14-35-13-11-32-27(35)38)26(37)16-33-25-7-3-5-21-18-34(12-10-23(21)25)17-20-8-9-20/h1-7,20,33H,8-19H2,(H,32,38). The molecule has 2 aliphatic heterocycles. The first-order chi connectivity index (χ1) is 18.3. The van der Waals surface area contributed by atoms with Crippen molar-refractivity contribution in [3.05, 3.63) is 64.7 Å². The van der Waals surface area contributed by atoms with Gasteiger partial charge in [0.1, 0.15) is 0 Å². The number of hydrogen-bond acceptors (Lipinski definition) is 4. The number of amides is 3. The van der Waals surface area contributed by atoms with Gasteiger partial charge in [-0.25, -0.2) is 4.79 Å². The number of carbonyl (C=O) groups is 2. The van der Waals surface area contributed by atoms with Crippen LogP contribution in [0.25, 0.3) is 0 Å². The lowest BCUT2D eigenvalue weighted by molar-refractivity contribution is -0.139. The lowest BCUT2D eigenvalue weighted by Gasteiger charge is -2.30. The Balaban J connectivity index is 1.27. The highest BCUT2D eigenvalue weighted by Gasteiger charge is 2.34. The number of carbonyl (C=O) groups excluding carboxylic acids is 2. The lowest BCUT2D eigenvalue weighted by Crippen LogP contribution is -2.42. The molecular formula is C28H34F3N5O2. The van der Waals surface area contributed by atoms with Gasteiger partial charge in [0.05, 0.1) is 12.1 Å². The van der Waals surface area contributed by atoms with Gasteiger partial charge < -0.3 is 20.4 Å². The molecule has 1 aliphatic carbocycles. The summed E-state index contributed by atoms with van der Waals surface area (Å²) in [6, 6.07) is 11.2. The van der Waals surface area contributed by atoms with E-state index in [-0.39, 0.29) is 43.7 Å². The van der Waals surface area contributed by atoms with Crippen LogP contribution in [0.1, 0.15) is 35.1 Å². The first-order valence-electron chi connectivity index (χ1n) is 13.3. The zero-order valence-electron chi connectivity index (χ0n) is 21.4. The lowest BCUT2D eigenvalue weighted by atomic mass is 9.97. The van der Waals surface area contributed by atoms with Crippen LogP contribution in [0.5, 0.6) is 0 Å². The van der Waals surface area contributed by atoms with Crippen molar-refractivity contribution in [1.82, 2.24) is 20.0 Å². The van der Waals surface area contributed by atoms with Gasteiger partial charge in [0.15, 0.2) is 0 Å². The highest BCUT2D eigenvalue weighted by atomic mass is 19.4. The number of rotatable bonds is 10. The van der Waals surface area contributed by atoms with E-state index in [0.29, 0.717) is 13.1 Å². The predicted molar refractivity (Wildman–Crippen MR) is 138 cm³/mol. The molecule has 5 rings (SSSR count). The molecule has 1 saturated carbocycles. The maximum absolute atomic E-state index is 13.6. The SMILES string of the molecule is O=C(CNc1cccc2c1CCN(CC1CC1)C2)N(CCN1CCNC1=O)Cc1ccccc1C(F)(F)F. The van der Waals surface area contributed by atoms with E-state index in [1.807, 2.05) is 12.1 Å². The van der Waals surface area contributed by atoms with Crippen LogP contribution in [0.2, 0.25) is 0 Å². The Kier molecular flexibility index (Phi) is 7.78. The van der Waals surface area contributed by atoms with Crippen molar-refractivity contribution < 1.29 is 22.8 Å². The molecule has 2 heterocycles. The number of nitrogens with one attached hydrogen (secondary N) is 2. The molecular weight excluding hydrogens is 495 g/mol. The second kappa shape index (κ2) is 11.2. The highest BCUT2D eigenvalue weighted by molar-refractivity contribution is 5.81. The number of alkyl halides is 3. The summed E-state index contributed by atoms with van der Waals surface area (Å²) in [5.74, 6) is 0.515. The third-order valence-electron chi connectivity index (χ3n) is 7.61. The molecule has 2 aromatic rings. The predicted octanol–water partition coefficient (Wildman–Crippen LogP) is 3.94. The van der Waals surface area contributed by atoms with Crippen molar-refractivity contribution in [1.29, 1.82) is 0 Å². The summed E-state index contributed by atoms with van der Waals surface area (Å²) in [7, 11) is 0. The van der Waals surface area contributed by atoms with Crippen molar-refractivity contribution in [2.75, 3.05) is 51.1 Å². The van der Waals surface area contributed by atoms with Crippen LogP contribution in [0.15, 0.2) is 42.5 Å². The summed E-state index contributed by atoms with van der Waals surface area (Å²) >= 11 is 0. The minimum atomic E-state index is -4.52. The largest absolute Gasteiger partial charge is 0.416 e. The molecule has 2 aromatic carbocycles. The Morgan fingerprint density at radius 1 is 1.11 bits per heavy atom. The molecule has 1 saturated heterocycles. The van der Waals surface area contributed by atoms with Crippen molar-refractivity contribution >= 4 is 17.6 Å². The van der Waals surface area contributed by atoms with Gasteiger partial charge in [0, 0.05) is 58.0 Å². The number of nitrogens with zero attached hydrogens (tertiary/aromatic N) is 3. The van der Waals surface area contributed by atoms with Crippen molar-refractivity contribution in [3.63, 3.8) is 0 Å². The summed E-state index contributed by atoms with van der Waals surface area (Å²) in [6.07, 6.45) is -0.986. The molecule has 0 bridgehead atoms. The van der Waals surface area contributed by atoms with E-state index >= 15 is 0 Å². The Morgan fingerprint density at radius 2 is 1.92 bits per heavy atom. The van der Waals surface area contributed by atoms with Crippen LogP contribution >= 0.6 is 0 Å². The Hall–Kier alpha value is -3.27. The van der Waals surface area contributed by atoms with Gasteiger partial charge in [-0.2, -0.15) is 13.2 Å². The summed E-state index contributed by atoms with van der Waals surface area (Å²) in [6.45, 7) is 4.21. The Bertz CT molecular complexity index is 1170. The van der Waals surface area contributed by atoms with Gasteiger partial charge in [0.2, 0.25) is 5.91 Å². The quantitative estimate of drug-likeness (QED) is 0.490. The van der Waals surface area contributed by atoms with Gasteiger partial charge in [-0.15, -0.1) is 0 Å². The number of benzene rings is 2. The molecule has 0 unspecified atom stereocenters. The van der Waals surface area contributed by atoms with Crippen LogP contribution < -0.4 is 10.6 Å². The maximum Gasteiger partial charge on any atom is 0.416 e. The van der Waals surface area contributed by atoms with Crippen molar-refractivity contribution in [3.8, 4) is 0 Å². The number of halogens is 3. The molecule has 10 heteroatoms. The Labute approximate surface area is 221 Å². The smallest absolute Gasteiger partial charge is 0.376 e. The van der Waals surface area contributed by atoms with E-state index in [1.54, 1.807) is 11.0 Å². The van der Waals surface area contributed by atoms with Gasteiger partial charge in [-0.05, 0) is 54.0 Å². The minimum absolute atomic E-state index is 0.0343. The molecule has 204 valence electrons. The normalized spacial score (nSPS) is 17.8. The topological polar surface area (TPSA) is 67.9 Å². The molecule has 0 atom stereocenters. The van der Waals surface area contributed by atoms with Crippen molar-refractivity contribution in [2.24, 2.45) is 5.92 Å². The number of anilines is 1. The fourth-order valence-electron chi connectivity index (χ4n) is 5.34. The average molecular weight is 530 g/mol. The molecule has 0 aromatic heterocycles. The fraction of sp³-hybridized carbons (Fsp3) is 0.500. The summed E-state index contributed by atoms with van der Waals surface area (Å²) in [4.78, 5) is 30.8. The highest BCUT2D eigenvalue weighted by Crippen LogP contribution is 2.34. The van der Waals surface area contributed by atoms with E-state index < -0.39 is 11.7 Å². The number of fused-ring (bicyclic) bond motifs is 1.